The largest absolute Gasteiger partial charge is 0.320 e. The van der Waals surface area contributed by atoms with E-state index >= 15 is 0 Å². The molecule has 0 aliphatic heterocycles. The molecule has 1 nitrogen and oxygen atoms in total. The van der Waals surface area contributed by atoms with E-state index in [0.29, 0.717) is 0 Å². The number of nitrogens with two attached hydrogens (primary N) is 1. The van der Waals surface area contributed by atoms with Crippen LogP contribution in [0.15, 0.2) is 32.7 Å². The predicted molar refractivity (Wildman–Crippen MR) is 62.4 cm³/mol. The molecule has 1 unspecified atom stereocenters. The van der Waals surface area contributed by atoms with Crippen LogP contribution in [0.3, 0.4) is 0 Å². The molecule has 2 aromatic heterocycles. The van der Waals surface area contributed by atoms with Gasteiger partial charge in [-0.25, -0.2) is 0 Å². The van der Waals surface area contributed by atoms with Crippen molar-refractivity contribution in [1.82, 2.24) is 0 Å². The van der Waals surface area contributed by atoms with Crippen LogP contribution in [-0.2, 0) is 0 Å². The highest BCUT2D eigenvalue weighted by atomic mass is 79.9. The van der Waals surface area contributed by atoms with Crippen molar-refractivity contribution in [2.45, 2.75) is 6.04 Å². The maximum atomic E-state index is 6.09. The zero-order valence-electron chi connectivity index (χ0n) is 6.74. The highest BCUT2D eigenvalue weighted by Gasteiger charge is 2.13. The van der Waals surface area contributed by atoms with Gasteiger partial charge in [-0.15, -0.1) is 11.3 Å². The summed E-state index contributed by atoms with van der Waals surface area (Å²) in [6.07, 6.45) is 0. The maximum Gasteiger partial charge on any atom is 0.0665 e. The Morgan fingerprint density at radius 3 is 2.69 bits per heavy atom. The smallest absolute Gasteiger partial charge is 0.0665 e. The summed E-state index contributed by atoms with van der Waals surface area (Å²) in [5.41, 5.74) is 7.28. The summed E-state index contributed by atoms with van der Waals surface area (Å²) in [6.45, 7) is 0. The zero-order chi connectivity index (χ0) is 9.26. The third kappa shape index (κ3) is 1.86. The van der Waals surface area contributed by atoms with Crippen molar-refractivity contribution in [2.24, 2.45) is 5.73 Å². The Labute approximate surface area is 93.3 Å². The molecule has 0 radical (unpaired) electrons. The number of thiophene rings is 2. The van der Waals surface area contributed by atoms with Gasteiger partial charge in [0.25, 0.3) is 0 Å². The van der Waals surface area contributed by atoms with Gasteiger partial charge in [-0.05, 0) is 49.8 Å². The second-order valence-corrected chi connectivity index (χ2v) is 5.25. The second kappa shape index (κ2) is 3.92. The molecular formula is C9H8BrNS2. The van der Waals surface area contributed by atoms with E-state index < -0.39 is 0 Å². The lowest BCUT2D eigenvalue weighted by molar-refractivity contribution is 0.895. The maximum absolute atomic E-state index is 6.09. The Morgan fingerprint density at radius 1 is 1.31 bits per heavy atom. The quantitative estimate of drug-likeness (QED) is 0.889. The van der Waals surface area contributed by atoms with Crippen LogP contribution in [0.5, 0.6) is 0 Å². The summed E-state index contributed by atoms with van der Waals surface area (Å²) in [4.78, 5) is 1.19. The van der Waals surface area contributed by atoms with Crippen molar-refractivity contribution in [3.8, 4) is 0 Å². The highest BCUT2D eigenvalue weighted by molar-refractivity contribution is 9.10. The van der Waals surface area contributed by atoms with Crippen molar-refractivity contribution in [2.75, 3.05) is 0 Å². The Hall–Kier alpha value is -0.160. The first kappa shape index (κ1) is 9.40. The lowest BCUT2D eigenvalue weighted by Crippen LogP contribution is -2.09. The molecule has 0 saturated carbocycles. The molecule has 68 valence electrons. The molecular weight excluding hydrogens is 266 g/mol. The molecule has 0 amide bonds. The van der Waals surface area contributed by atoms with E-state index in [-0.39, 0.29) is 6.04 Å². The first-order valence-corrected chi connectivity index (χ1v) is 6.41. The van der Waals surface area contributed by atoms with Gasteiger partial charge in [-0.2, -0.15) is 11.3 Å². The minimum absolute atomic E-state index is 0.0145. The minimum Gasteiger partial charge on any atom is -0.320 e. The fourth-order valence-electron chi connectivity index (χ4n) is 1.13. The lowest BCUT2D eigenvalue weighted by Gasteiger charge is -2.07. The first-order valence-electron chi connectivity index (χ1n) is 3.79. The van der Waals surface area contributed by atoms with Crippen molar-refractivity contribution < 1.29 is 0 Å². The minimum atomic E-state index is 0.0145. The fraction of sp³-hybridized carbons (Fsp3) is 0.111. The summed E-state index contributed by atoms with van der Waals surface area (Å²) < 4.78 is 1.11. The van der Waals surface area contributed by atoms with Crippen LogP contribution in [0.1, 0.15) is 16.5 Å². The van der Waals surface area contributed by atoms with E-state index in [9.17, 15) is 0 Å². The summed E-state index contributed by atoms with van der Waals surface area (Å²) in [6, 6.07) is 4.12. The van der Waals surface area contributed by atoms with E-state index in [1.807, 2.05) is 11.4 Å². The van der Waals surface area contributed by atoms with E-state index in [2.05, 4.69) is 32.8 Å². The molecule has 0 aliphatic rings. The predicted octanol–water partition coefficient (Wildman–Crippen LogP) is 3.62. The van der Waals surface area contributed by atoms with Gasteiger partial charge in [-0.3, -0.25) is 0 Å². The second-order valence-electron chi connectivity index (χ2n) is 2.67. The molecule has 0 aliphatic carbocycles. The Balaban J connectivity index is 2.33. The molecule has 13 heavy (non-hydrogen) atoms. The molecule has 0 spiro atoms. The lowest BCUT2D eigenvalue weighted by atomic mass is 10.1. The van der Waals surface area contributed by atoms with Gasteiger partial charge in [0.1, 0.15) is 0 Å². The number of halogens is 1. The Morgan fingerprint density at radius 2 is 2.15 bits per heavy atom. The third-order valence-corrected chi connectivity index (χ3v) is 4.48. The van der Waals surface area contributed by atoms with Gasteiger partial charge in [-0.1, -0.05) is 0 Å². The summed E-state index contributed by atoms with van der Waals surface area (Å²) in [7, 11) is 0. The van der Waals surface area contributed by atoms with Crippen LogP contribution in [0, 0.1) is 0 Å². The monoisotopic (exact) mass is 273 g/mol. The van der Waals surface area contributed by atoms with Crippen molar-refractivity contribution >= 4 is 38.6 Å². The van der Waals surface area contributed by atoms with Crippen LogP contribution in [0.25, 0.3) is 0 Å². The van der Waals surface area contributed by atoms with Crippen LogP contribution in [0.4, 0.5) is 0 Å². The van der Waals surface area contributed by atoms with E-state index in [1.54, 1.807) is 22.7 Å². The van der Waals surface area contributed by atoms with Crippen LogP contribution < -0.4 is 5.73 Å². The topological polar surface area (TPSA) is 26.0 Å². The van der Waals surface area contributed by atoms with Crippen LogP contribution >= 0.6 is 38.6 Å². The highest BCUT2D eigenvalue weighted by Crippen LogP contribution is 2.32. The van der Waals surface area contributed by atoms with Gasteiger partial charge in [0.2, 0.25) is 0 Å². The fourth-order valence-corrected chi connectivity index (χ4v) is 3.48. The SMILES string of the molecule is NC(c1ccsc1)c1sccc1Br. The Bertz CT molecular complexity index is 380. The van der Waals surface area contributed by atoms with Gasteiger partial charge in [0.05, 0.1) is 6.04 Å². The van der Waals surface area contributed by atoms with E-state index in [1.165, 1.54) is 10.4 Å². The third-order valence-electron chi connectivity index (χ3n) is 1.83. The summed E-state index contributed by atoms with van der Waals surface area (Å²) >= 11 is 6.86. The normalized spacial score (nSPS) is 13.1. The molecule has 2 aromatic rings. The van der Waals surface area contributed by atoms with Gasteiger partial charge in [0, 0.05) is 9.35 Å². The van der Waals surface area contributed by atoms with Crippen LogP contribution in [-0.4, -0.2) is 0 Å². The van der Waals surface area contributed by atoms with Gasteiger partial charge in [0.15, 0.2) is 0 Å². The van der Waals surface area contributed by atoms with E-state index in [4.69, 9.17) is 5.73 Å². The molecule has 0 saturated heterocycles. The summed E-state index contributed by atoms with van der Waals surface area (Å²) in [5, 5.41) is 6.19. The molecule has 1 atom stereocenters. The summed E-state index contributed by atoms with van der Waals surface area (Å²) in [5.74, 6) is 0. The van der Waals surface area contributed by atoms with Gasteiger partial charge < -0.3 is 5.73 Å². The van der Waals surface area contributed by atoms with E-state index in [0.717, 1.165) is 4.47 Å². The average Bonchev–Trinajstić information content (AvgIpc) is 2.72. The molecule has 0 bridgehead atoms. The molecule has 2 heterocycles. The Kier molecular flexibility index (Phi) is 2.83. The van der Waals surface area contributed by atoms with Gasteiger partial charge >= 0.3 is 0 Å². The van der Waals surface area contributed by atoms with Crippen molar-refractivity contribution in [1.29, 1.82) is 0 Å². The molecule has 2 N–H and O–H groups in total. The molecule has 2 rings (SSSR count). The number of rotatable bonds is 2. The molecule has 4 heteroatoms. The van der Waals surface area contributed by atoms with Crippen LogP contribution in [0.2, 0.25) is 0 Å². The molecule has 0 aromatic carbocycles. The number of hydrogen-bond donors (Lipinski definition) is 1. The zero-order valence-corrected chi connectivity index (χ0v) is 9.95. The number of hydrogen-bond acceptors (Lipinski definition) is 3. The van der Waals surface area contributed by atoms with Crippen molar-refractivity contribution in [3.63, 3.8) is 0 Å². The van der Waals surface area contributed by atoms with Crippen molar-refractivity contribution in [3.05, 3.63) is 43.2 Å². The molecule has 0 fully saturated rings. The first-order chi connectivity index (χ1) is 6.29. The standard InChI is InChI=1S/C9H8BrNS2/c10-7-2-4-13-9(7)8(11)6-1-3-12-5-6/h1-5,8H,11H2. The average molecular weight is 274 g/mol.